The molecule has 1 aliphatic rings. The number of hydrogen-bond donors (Lipinski definition) is 0. The summed E-state index contributed by atoms with van der Waals surface area (Å²) in [7, 11) is 0. The molecule has 1 saturated heterocycles. The molecule has 3 heteroatoms. The van der Waals surface area contributed by atoms with E-state index < -0.39 is 0 Å². The molecule has 0 spiro atoms. The van der Waals surface area contributed by atoms with Crippen molar-refractivity contribution in [3.63, 3.8) is 0 Å². The van der Waals surface area contributed by atoms with Crippen molar-refractivity contribution in [2.75, 3.05) is 6.61 Å². The first-order chi connectivity index (χ1) is 5.68. The Balaban J connectivity index is 2.47. The summed E-state index contributed by atoms with van der Waals surface area (Å²) in [5.41, 5.74) is 1.34. The van der Waals surface area contributed by atoms with E-state index >= 15 is 0 Å². The smallest absolute Gasteiger partial charge is 0.126 e. The van der Waals surface area contributed by atoms with Crippen LogP contribution in [0.1, 0.15) is 17.2 Å². The normalized spacial score (nSPS) is 21.1. The molecule has 64 valence electrons. The molecule has 1 aromatic carbocycles. The predicted octanol–water partition coefficient (Wildman–Crippen LogP) is 2.86. The number of rotatable bonds is 1. The molecule has 1 aliphatic heterocycles. The Morgan fingerprint density at radius 3 is 2.83 bits per heavy atom. The van der Waals surface area contributed by atoms with Crippen molar-refractivity contribution >= 4 is 11.6 Å². The summed E-state index contributed by atoms with van der Waals surface area (Å²) in [6.45, 7) is 2.35. The van der Waals surface area contributed by atoms with Gasteiger partial charge in [-0.1, -0.05) is 11.6 Å². The molecule has 1 atom stereocenters. The Bertz CT molecular complexity index is 321. The molecule has 1 fully saturated rings. The third-order valence-corrected chi connectivity index (χ3v) is 2.29. The molecule has 0 aromatic heterocycles. The maximum absolute atomic E-state index is 13.0. The molecule has 1 aromatic rings. The van der Waals surface area contributed by atoms with Crippen LogP contribution in [0.3, 0.4) is 0 Å². The highest BCUT2D eigenvalue weighted by Crippen LogP contribution is 2.35. The molecule has 0 bridgehead atoms. The quantitative estimate of drug-likeness (QED) is 0.615. The third kappa shape index (κ3) is 1.32. The molecule has 0 saturated carbocycles. The molecular weight excluding hydrogens is 179 g/mol. The van der Waals surface area contributed by atoms with E-state index in [2.05, 4.69) is 0 Å². The van der Waals surface area contributed by atoms with Gasteiger partial charge in [-0.15, -0.1) is 0 Å². The number of epoxide rings is 1. The Hall–Kier alpha value is -0.600. The van der Waals surface area contributed by atoms with E-state index in [0.29, 0.717) is 17.2 Å². The highest BCUT2D eigenvalue weighted by atomic mass is 35.5. The fourth-order valence-corrected chi connectivity index (χ4v) is 1.48. The lowest BCUT2D eigenvalue weighted by atomic mass is 10.1. The Morgan fingerprint density at radius 1 is 1.58 bits per heavy atom. The lowest BCUT2D eigenvalue weighted by Gasteiger charge is -2.02. The van der Waals surface area contributed by atoms with E-state index in [1.54, 1.807) is 13.0 Å². The summed E-state index contributed by atoms with van der Waals surface area (Å²) < 4.78 is 18.1. The van der Waals surface area contributed by atoms with Gasteiger partial charge in [0.1, 0.15) is 11.9 Å². The number of benzene rings is 1. The van der Waals surface area contributed by atoms with Gasteiger partial charge in [-0.3, -0.25) is 0 Å². The number of hydrogen-bond acceptors (Lipinski definition) is 1. The summed E-state index contributed by atoms with van der Waals surface area (Å²) in [5.74, 6) is -0.218. The van der Waals surface area contributed by atoms with E-state index in [1.807, 2.05) is 0 Å². The fraction of sp³-hybridized carbons (Fsp3) is 0.333. The predicted molar refractivity (Wildman–Crippen MR) is 44.8 cm³/mol. The molecule has 0 N–H and O–H groups in total. The second-order valence-corrected chi connectivity index (χ2v) is 3.35. The number of aryl methyl sites for hydroxylation is 1. The van der Waals surface area contributed by atoms with Gasteiger partial charge in [0, 0.05) is 10.6 Å². The van der Waals surface area contributed by atoms with Crippen LogP contribution in [0.5, 0.6) is 0 Å². The second-order valence-electron chi connectivity index (χ2n) is 2.94. The van der Waals surface area contributed by atoms with E-state index in [1.165, 1.54) is 6.07 Å². The van der Waals surface area contributed by atoms with Crippen LogP contribution in [-0.4, -0.2) is 6.61 Å². The third-order valence-electron chi connectivity index (χ3n) is 1.96. The minimum atomic E-state index is -0.218. The Morgan fingerprint density at radius 2 is 2.25 bits per heavy atom. The standard InChI is InChI=1S/C9H8ClFO/c1-5-2-7(10)6(3-8(5)11)9-4-12-9/h2-3,9H,4H2,1H3. The molecular formula is C9H8ClFO. The van der Waals surface area contributed by atoms with Gasteiger partial charge in [0.25, 0.3) is 0 Å². The van der Waals surface area contributed by atoms with Crippen LogP contribution in [0, 0.1) is 12.7 Å². The van der Waals surface area contributed by atoms with Gasteiger partial charge < -0.3 is 4.74 Å². The molecule has 12 heavy (non-hydrogen) atoms. The van der Waals surface area contributed by atoms with Gasteiger partial charge in [-0.25, -0.2) is 4.39 Å². The maximum Gasteiger partial charge on any atom is 0.126 e. The van der Waals surface area contributed by atoms with Crippen molar-refractivity contribution in [1.82, 2.24) is 0 Å². The molecule has 1 unspecified atom stereocenters. The van der Waals surface area contributed by atoms with Crippen LogP contribution < -0.4 is 0 Å². The van der Waals surface area contributed by atoms with Crippen molar-refractivity contribution < 1.29 is 9.13 Å². The summed E-state index contributed by atoms with van der Waals surface area (Å²) in [5, 5.41) is 0.594. The first-order valence-electron chi connectivity index (χ1n) is 3.75. The molecule has 2 rings (SSSR count). The van der Waals surface area contributed by atoms with Gasteiger partial charge in [0.2, 0.25) is 0 Å². The average molecular weight is 187 g/mol. The highest BCUT2D eigenvalue weighted by Gasteiger charge is 2.27. The second kappa shape index (κ2) is 2.71. The minimum absolute atomic E-state index is 0.0209. The largest absolute Gasteiger partial charge is 0.368 e. The van der Waals surface area contributed by atoms with Gasteiger partial charge in [0.15, 0.2) is 0 Å². The number of halogens is 2. The molecule has 0 aliphatic carbocycles. The van der Waals surface area contributed by atoms with Crippen molar-refractivity contribution in [3.05, 3.63) is 34.1 Å². The molecule has 1 nitrogen and oxygen atoms in total. The summed E-state index contributed by atoms with van der Waals surface area (Å²) >= 11 is 5.89. The van der Waals surface area contributed by atoms with Crippen LogP contribution in [-0.2, 0) is 4.74 Å². The average Bonchev–Trinajstić information content (AvgIpc) is 2.79. The van der Waals surface area contributed by atoms with Crippen molar-refractivity contribution in [1.29, 1.82) is 0 Å². The monoisotopic (exact) mass is 186 g/mol. The Labute approximate surface area is 75.1 Å². The lowest BCUT2D eigenvalue weighted by Crippen LogP contribution is -1.88. The van der Waals surface area contributed by atoms with Gasteiger partial charge in [-0.05, 0) is 24.6 Å². The van der Waals surface area contributed by atoms with Gasteiger partial charge in [-0.2, -0.15) is 0 Å². The molecule has 1 heterocycles. The van der Waals surface area contributed by atoms with Crippen molar-refractivity contribution in [2.45, 2.75) is 13.0 Å². The van der Waals surface area contributed by atoms with E-state index in [-0.39, 0.29) is 11.9 Å². The maximum atomic E-state index is 13.0. The minimum Gasteiger partial charge on any atom is -0.368 e. The summed E-state index contributed by atoms with van der Waals surface area (Å²) in [6, 6.07) is 3.09. The molecule has 0 amide bonds. The van der Waals surface area contributed by atoms with Gasteiger partial charge in [0.05, 0.1) is 6.61 Å². The van der Waals surface area contributed by atoms with Crippen LogP contribution in [0.4, 0.5) is 4.39 Å². The van der Waals surface area contributed by atoms with Crippen molar-refractivity contribution in [3.8, 4) is 0 Å². The zero-order valence-corrected chi connectivity index (χ0v) is 7.36. The van der Waals surface area contributed by atoms with Crippen LogP contribution in [0.15, 0.2) is 12.1 Å². The summed E-state index contributed by atoms with van der Waals surface area (Å²) in [4.78, 5) is 0. The van der Waals surface area contributed by atoms with Gasteiger partial charge >= 0.3 is 0 Å². The first kappa shape index (κ1) is 8.02. The van der Waals surface area contributed by atoms with Crippen LogP contribution in [0.2, 0.25) is 5.02 Å². The van der Waals surface area contributed by atoms with E-state index in [0.717, 1.165) is 5.56 Å². The van der Waals surface area contributed by atoms with Crippen LogP contribution >= 0.6 is 11.6 Å². The Kier molecular flexibility index (Phi) is 1.81. The van der Waals surface area contributed by atoms with E-state index in [9.17, 15) is 4.39 Å². The number of ether oxygens (including phenoxy) is 1. The topological polar surface area (TPSA) is 12.5 Å². The SMILES string of the molecule is Cc1cc(Cl)c(C2CO2)cc1F. The van der Waals surface area contributed by atoms with E-state index in [4.69, 9.17) is 16.3 Å². The lowest BCUT2D eigenvalue weighted by molar-refractivity contribution is 0.415. The first-order valence-corrected chi connectivity index (χ1v) is 4.13. The van der Waals surface area contributed by atoms with Crippen molar-refractivity contribution in [2.24, 2.45) is 0 Å². The summed E-state index contributed by atoms with van der Waals surface area (Å²) in [6.07, 6.45) is 0.0209. The zero-order chi connectivity index (χ0) is 8.72. The molecule has 0 radical (unpaired) electrons. The fourth-order valence-electron chi connectivity index (χ4n) is 1.14. The zero-order valence-electron chi connectivity index (χ0n) is 6.60. The van der Waals surface area contributed by atoms with Crippen LogP contribution in [0.25, 0.3) is 0 Å². The highest BCUT2D eigenvalue weighted by molar-refractivity contribution is 6.31.